The third kappa shape index (κ3) is 4.84. The van der Waals surface area contributed by atoms with Crippen molar-refractivity contribution >= 4 is 5.91 Å². The van der Waals surface area contributed by atoms with Crippen LogP contribution in [0.1, 0.15) is 55.9 Å². The Hall–Kier alpha value is -1.43. The Morgan fingerprint density at radius 2 is 2.23 bits per heavy atom. The highest BCUT2D eigenvalue weighted by Gasteiger charge is 2.27. The van der Waals surface area contributed by atoms with Gasteiger partial charge in [0.2, 0.25) is 0 Å². The zero-order valence-electron chi connectivity index (χ0n) is 16.0. The van der Waals surface area contributed by atoms with E-state index in [9.17, 15) is 9.90 Å². The van der Waals surface area contributed by atoms with E-state index < -0.39 is 6.10 Å². The lowest BCUT2D eigenvalue weighted by atomic mass is 9.98. The zero-order valence-corrected chi connectivity index (χ0v) is 16.0. The van der Waals surface area contributed by atoms with Crippen molar-refractivity contribution in [1.29, 1.82) is 0 Å². The second kappa shape index (κ2) is 8.98. The van der Waals surface area contributed by atoms with E-state index in [4.69, 9.17) is 4.74 Å². The first kappa shape index (κ1) is 19.3. The van der Waals surface area contributed by atoms with Crippen molar-refractivity contribution in [2.75, 3.05) is 26.2 Å². The number of aliphatic hydroxyl groups is 1. The molecule has 1 aliphatic carbocycles. The minimum absolute atomic E-state index is 0.0568. The summed E-state index contributed by atoms with van der Waals surface area (Å²) in [4.78, 5) is 14.9. The van der Waals surface area contributed by atoms with Crippen molar-refractivity contribution in [1.82, 2.24) is 10.2 Å². The van der Waals surface area contributed by atoms with Crippen molar-refractivity contribution < 1.29 is 14.6 Å². The van der Waals surface area contributed by atoms with Gasteiger partial charge in [0, 0.05) is 26.2 Å². The maximum Gasteiger partial charge on any atom is 0.253 e. The van der Waals surface area contributed by atoms with Gasteiger partial charge in [0.15, 0.2) is 0 Å². The molecular weight excluding hydrogens is 328 g/mol. The molecule has 2 atom stereocenters. The van der Waals surface area contributed by atoms with Gasteiger partial charge in [0.25, 0.3) is 5.91 Å². The minimum atomic E-state index is -0.395. The van der Waals surface area contributed by atoms with Crippen molar-refractivity contribution in [2.45, 2.75) is 58.3 Å². The van der Waals surface area contributed by atoms with Gasteiger partial charge < -0.3 is 20.1 Å². The van der Waals surface area contributed by atoms with Crippen LogP contribution in [0.25, 0.3) is 0 Å². The predicted octanol–water partition coefficient (Wildman–Crippen LogP) is 2.42. The van der Waals surface area contributed by atoms with Gasteiger partial charge in [-0.15, -0.1) is 0 Å². The van der Waals surface area contributed by atoms with Crippen LogP contribution in [0.3, 0.4) is 0 Å². The molecule has 1 aromatic carbocycles. The van der Waals surface area contributed by atoms with Crippen LogP contribution >= 0.6 is 0 Å². The Bertz CT molecular complexity index is 611. The number of aryl methyl sites for hydroxylation is 1. The lowest BCUT2D eigenvalue weighted by Gasteiger charge is -2.31. The lowest BCUT2D eigenvalue weighted by molar-refractivity contribution is -0.146. The Kier molecular flexibility index (Phi) is 6.68. The van der Waals surface area contributed by atoms with Crippen LogP contribution in [0, 0.1) is 5.92 Å². The fraction of sp³-hybridized carbons (Fsp3) is 0.667. The number of amides is 1. The van der Waals surface area contributed by atoms with Crippen LogP contribution in [0.5, 0.6) is 0 Å². The quantitative estimate of drug-likeness (QED) is 0.792. The number of nitrogens with one attached hydrogen (secondary N) is 1. The van der Waals surface area contributed by atoms with Crippen molar-refractivity contribution in [2.24, 2.45) is 5.92 Å². The summed E-state index contributed by atoms with van der Waals surface area (Å²) in [6, 6.07) is 6.35. The van der Waals surface area contributed by atoms with E-state index in [0.29, 0.717) is 32.2 Å². The molecule has 1 fully saturated rings. The Balaban J connectivity index is 1.77. The maximum absolute atomic E-state index is 13.0. The topological polar surface area (TPSA) is 61.8 Å². The van der Waals surface area contributed by atoms with E-state index in [0.717, 1.165) is 43.4 Å². The van der Waals surface area contributed by atoms with Crippen LogP contribution in [0.4, 0.5) is 0 Å². The van der Waals surface area contributed by atoms with Crippen LogP contribution in [-0.2, 0) is 22.5 Å². The number of hydrogen-bond acceptors (Lipinski definition) is 4. The normalized spacial score (nSPS) is 23.4. The molecule has 1 amide bonds. The van der Waals surface area contributed by atoms with Crippen LogP contribution < -0.4 is 5.32 Å². The van der Waals surface area contributed by atoms with Crippen LogP contribution in [0.2, 0.25) is 0 Å². The molecule has 1 heterocycles. The minimum Gasteiger partial charge on any atom is -0.388 e. The number of morpholine rings is 1. The molecule has 2 aliphatic rings. The molecule has 0 radical (unpaired) electrons. The van der Waals surface area contributed by atoms with Crippen molar-refractivity contribution in [3.63, 3.8) is 0 Å². The highest BCUT2D eigenvalue weighted by molar-refractivity contribution is 5.81. The van der Waals surface area contributed by atoms with E-state index in [2.05, 4.69) is 37.4 Å². The highest BCUT2D eigenvalue weighted by atomic mass is 16.5. The first-order valence-corrected chi connectivity index (χ1v) is 9.95. The fourth-order valence-corrected chi connectivity index (χ4v) is 3.91. The van der Waals surface area contributed by atoms with Crippen molar-refractivity contribution in [3.8, 4) is 0 Å². The van der Waals surface area contributed by atoms with E-state index >= 15 is 0 Å². The standard InChI is InChI=1S/C21H32N2O3/c1-15(2)13-23(21(25)20-12-22-9-10-26-20)14-16-7-8-17-5-3-4-6-19(24)18(17)11-16/h7-8,11,15,19-20,22,24H,3-6,9-10,12-14H2,1-2H3. The Labute approximate surface area is 156 Å². The number of aliphatic hydroxyl groups excluding tert-OH is 1. The third-order valence-corrected chi connectivity index (χ3v) is 5.22. The molecule has 1 aromatic rings. The molecule has 144 valence electrons. The second-order valence-corrected chi connectivity index (χ2v) is 7.97. The first-order chi connectivity index (χ1) is 12.5. The largest absolute Gasteiger partial charge is 0.388 e. The fourth-order valence-electron chi connectivity index (χ4n) is 3.91. The number of fused-ring (bicyclic) bond motifs is 1. The number of rotatable bonds is 5. The SMILES string of the molecule is CC(C)CN(Cc1ccc2c(c1)C(O)CCCC2)C(=O)C1CNCCO1. The monoisotopic (exact) mass is 360 g/mol. The summed E-state index contributed by atoms with van der Waals surface area (Å²) in [6.07, 6.45) is 3.28. The first-order valence-electron chi connectivity index (χ1n) is 9.95. The third-order valence-electron chi connectivity index (χ3n) is 5.22. The summed E-state index contributed by atoms with van der Waals surface area (Å²) in [5.74, 6) is 0.448. The van der Waals surface area contributed by atoms with Crippen molar-refractivity contribution in [3.05, 3.63) is 34.9 Å². The molecule has 5 nitrogen and oxygen atoms in total. The summed E-state index contributed by atoms with van der Waals surface area (Å²) in [7, 11) is 0. The van der Waals surface area contributed by atoms with Gasteiger partial charge in [-0.3, -0.25) is 4.79 Å². The number of hydrogen-bond donors (Lipinski definition) is 2. The van der Waals surface area contributed by atoms with Gasteiger partial charge >= 0.3 is 0 Å². The van der Waals surface area contributed by atoms with E-state index in [1.807, 2.05) is 4.90 Å². The average molecular weight is 360 g/mol. The summed E-state index contributed by atoms with van der Waals surface area (Å²) in [5, 5.41) is 13.7. The second-order valence-electron chi connectivity index (χ2n) is 7.97. The molecule has 1 saturated heterocycles. The summed E-state index contributed by atoms with van der Waals surface area (Å²) in [6.45, 7) is 7.49. The predicted molar refractivity (Wildman–Crippen MR) is 102 cm³/mol. The molecule has 5 heteroatoms. The Morgan fingerprint density at radius 3 is 2.96 bits per heavy atom. The molecule has 0 aromatic heterocycles. The molecule has 3 rings (SSSR count). The number of carbonyl (C=O) groups excluding carboxylic acids is 1. The molecule has 26 heavy (non-hydrogen) atoms. The summed E-state index contributed by atoms with van der Waals surface area (Å²) >= 11 is 0. The molecule has 2 N–H and O–H groups in total. The molecule has 0 spiro atoms. The van der Waals surface area contributed by atoms with E-state index in [1.54, 1.807) is 0 Å². The lowest BCUT2D eigenvalue weighted by Crippen LogP contribution is -2.49. The smallest absolute Gasteiger partial charge is 0.253 e. The van der Waals surface area contributed by atoms with Gasteiger partial charge in [-0.2, -0.15) is 0 Å². The summed E-state index contributed by atoms with van der Waals surface area (Å²) in [5.41, 5.74) is 3.38. The van der Waals surface area contributed by atoms with Gasteiger partial charge in [0.05, 0.1) is 12.7 Å². The van der Waals surface area contributed by atoms with E-state index in [-0.39, 0.29) is 12.0 Å². The average Bonchev–Trinajstić information content (AvgIpc) is 2.82. The van der Waals surface area contributed by atoms with Gasteiger partial charge in [0.1, 0.15) is 6.10 Å². The van der Waals surface area contributed by atoms with E-state index in [1.165, 1.54) is 5.56 Å². The Morgan fingerprint density at radius 1 is 1.38 bits per heavy atom. The van der Waals surface area contributed by atoms with Gasteiger partial charge in [-0.05, 0) is 41.9 Å². The van der Waals surface area contributed by atoms with Crippen LogP contribution in [-0.4, -0.2) is 48.3 Å². The molecule has 0 saturated carbocycles. The van der Waals surface area contributed by atoms with Crippen LogP contribution in [0.15, 0.2) is 18.2 Å². The number of ether oxygens (including phenoxy) is 1. The maximum atomic E-state index is 13.0. The highest BCUT2D eigenvalue weighted by Crippen LogP contribution is 2.29. The molecule has 0 bridgehead atoms. The molecule has 1 aliphatic heterocycles. The van der Waals surface area contributed by atoms with Gasteiger partial charge in [-0.25, -0.2) is 0 Å². The number of carbonyl (C=O) groups is 1. The van der Waals surface area contributed by atoms with Gasteiger partial charge in [-0.1, -0.05) is 38.5 Å². The molecule has 2 unspecified atom stereocenters. The molecular formula is C21H32N2O3. The number of nitrogens with zero attached hydrogens (tertiary/aromatic N) is 1. The number of benzene rings is 1. The zero-order chi connectivity index (χ0) is 18.5. The summed E-state index contributed by atoms with van der Waals surface area (Å²) < 4.78 is 5.67.